The van der Waals surface area contributed by atoms with Crippen LogP contribution in [0.5, 0.6) is 11.5 Å². The third-order valence-corrected chi connectivity index (χ3v) is 3.56. The molecule has 3 heteroatoms. The Kier molecular flexibility index (Phi) is 3.72. The van der Waals surface area contributed by atoms with Crippen molar-refractivity contribution >= 4 is 23.5 Å². The van der Waals surface area contributed by atoms with Gasteiger partial charge in [-0.05, 0) is 41.1 Å². The van der Waals surface area contributed by atoms with E-state index in [4.69, 9.17) is 0 Å². The number of aromatic hydroxyl groups is 2. The van der Waals surface area contributed by atoms with Crippen molar-refractivity contribution in [2.75, 3.05) is 0 Å². The topological polar surface area (TPSA) is 40.5 Å². The normalized spacial score (nSPS) is 11.5. The summed E-state index contributed by atoms with van der Waals surface area (Å²) in [5.74, 6) is 0.395. The van der Waals surface area contributed by atoms with Gasteiger partial charge in [-0.3, -0.25) is 0 Å². The molecular formula is C15H16O2S. The van der Waals surface area contributed by atoms with Crippen LogP contribution in [0, 0.1) is 0 Å². The first kappa shape index (κ1) is 12.7. The summed E-state index contributed by atoms with van der Waals surface area (Å²) in [6.07, 6.45) is 3.85. The SMILES string of the molecule is CC(C)c1c(O)cc(/C=C/c2cccs2)cc1O. The minimum atomic E-state index is 0.0975. The van der Waals surface area contributed by atoms with E-state index in [1.165, 1.54) is 0 Å². The van der Waals surface area contributed by atoms with Crippen LogP contribution in [0.25, 0.3) is 12.2 Å². The van der Waals surface area contributed by atoms with Gasteiger partial charge in [-0.15, -0.1) is 11.3 Å². The zero-order chi connectivity index (χ0) is 13.1. The lowest BCUT2D eigenvalue weighted by atomic mass is 9.99. The molecule has 0 radical (unpaired) electrons. The van der Waals surface area contributed by atoms with Crippen LogP contribution in [-0.2, 0) is 0 Å². The minimum absolute atomic E-state index is 0.0975. The molecule has 1 aromatic heterocycles. The predicted octanol–water partition coefficient (Wildman–Crippen LogP) is 4.45. The van der Waals surface area contributed by atoms with Crippen molar-refractivity contribution in [2.24, 2.45) is 0 Å². The molecule has 0 saturated heterocycles. The quantitative estimate of drug-likeness (QED) is 0.855. The molecule has 18 heavy (non-hydrogen) atoms. The molecule has 0 aliphatic rings. The van der Waals surface area contributed by atoms with Gasteiger partial charge < -0.3 is 10.2 Å². The van der Waals surface area contributed by atoms with Crippen molar-refractivity contribution in [2.45, 2.75) is 19.8 Å². The fourth-order valence-corrected chi connectivity index (χ4v) is 2.51. The van der Waals surface area contributed by atoms with E-state index >= 15 is 0 Å². The van der Waals surface area contributed by atoms with Crippen molar-refractivity contribution in [1.29, 1.82) is 0 Å². The lowest BCUT2D eigenvalue weighted by Gasteiger charge is -2.11. The fourth-order valence-electron chi connectivity index (χ4n) is 1.90. The summed E-state index contributed by atoms with van der Waals surface area (Å²) in [7, 11) is 0. The first-order valence-corrected chi connectivity index (χ1v) is 6.73. The summed E-state index contributed by atoms with van der Waals surface area (Å²) in [5, 5.41) is 21.8. The number of rotatable bonds is 3. The van der Waals surface area contributed by atoms with E-state index in [0.29, 0.717) is 5.56 Å². The van der Waals surface area contributed by atoms with Gasteiger partial charge >= 0.3 is 0 Å². The second-order valence-corrected chi connectivity index (χ2v) is 5.46. The molecule has 1 aromatic carbocycles. The zero-order valence-electron chi connectivity index (χ0n) is 10.4. The maximum Gasteiger partial charge on any atom is 0.123 e. The molecule has 0 aliphatic carbocycles. The molecule has 0 unspecified atom stereocenters. The van der Waals surface area contributed by atoms with Crippen molar-refractivity contribution in [3.63, 3.8) is 0 Å². The summed E-state index contributed by atoms with van der Waals surface area (Å²) in [5.41, 5.74) is 1.39. The molecule has 0 spiro atoms. The monoisotopic (exact) mass is 260 g/mol. The lowest BCUT2D eigenvalue weighted by molar-refractivity contribution is 0.433. The van der Waals surface area contributed by atoms with Crippen LogP contribution in [0.4, 0.5) is 0 Å². The number of benzene rings is 1. The highest BCUT2D eigenvalue weighted by Crippen LogP contribution is 2.35. The zero-order valence-corrected chi connectivity index (χ0v) is 11.2. The highest BCUT2D eigenvalue weighted by atomic mass is 32.1. The molecule has 0 aliphatic heterocycles. The summed E-state index contributed by atoms with van der Waals surface area (Å²) < 4.78 is 0. The molecule has 0 saturated carbocycles. The van der Waals surface area contributed by atoms with Gasteiger partial charge in [0.15, 0.2) is 0 Å². The second-order valence-electron chi connectivity index (χ2n) is 4.48. The summed E-state index contributed by atoms with van der Waals surface area (Å²) in [6, 6.07) is 7.36. The van der Waals surface area contributed by atoms with Gasteiger partial charge in [0, 0.05) is 10.4 Å². The molecule has 0 atom stereocenters. The van der Waals surface area contributed by atoms with Crippen LogP contribution < -0.4 is 0 Å². The van der Waals surface area contributed by atoms with Gasteiger partial charge in [0.25, 0.3) is 0 Å². The molecule has 2 rings (SSSR count). The van der Waals surface area contributed by atoms with E-state index in [9.17, 15) is 10.2 Å². The number of phenolic OH excluding ortho intramolecular Hbond substituents is 2. The molecule has 2 N–H and O–H groups in total. The maximum absolute atomic E-state index is 9.91. The van der Waals surface area contributed by atoms with Crippen molar-refractivity contribution < 1.29 is 10.2 Å². The van der Waals surface area contributed by atoms with Crippen LogP contribution >= 0.6 is 11.3 Å². The van der Waals surface area contributed by atoms with E-state index < -0.39 is 0 Å². The number of phenols is 2. The average Bonchev–Trinajstić information content (AvgIpc) is 2.77. The van der Waals surface area contributed by atoms with Crippen molar-refractivity contribution in [3.05, 3.63) is 45.6 Å². The van der Waals surface area contributed by atoms with Crippen LogP contribution in [-0.4, -0.2) is 10.2 Å². The molecule has 0 bridgehead atoms. The third kappa shape index (κ3) is 2.74. The molecule has 1 heterocycles. The van der Waals surface area contributed by atoms with Crippen LogP contribution in [0.15, 0.2) is 29.6 Å². The van der Waals surface area contributed by atoms with Crippen molar-refractivity contribution in [1.82, 2.24) is 0 Å². The van der Waals surface area contributed by atoms with Crippen LogP contribution in [0.1, 0.15) is 35.8 Å². The van der Waals surface area contributed by atoms with Gasteiger partial charge in [-0.2, -0.15) is 0 Å². The predicted molar refractivity (Wildman–Crippen MR) is 77.1 cm³/mol. The number of hydrogen-bond acceptors (Lipinski definition) is 3. The fraction of sp³-hybridized carbons (Fsp3) is 0.200. The van der Waals surface area contributed by atoms with Gasteiger partial charge in [0.1, 0.15) is 11.5 Å². The average molecular weight is 260 g/mol. The molecule has 2 aromatic rings. The van der Waals surface area contributed by atoms with Crippen molar-refractivity contribution in [3.8, 4) is 11.5 Å². The number of thiophene rings is 1. The van der Waals surface area contributed by atoms with Crippen LogP contribution in [0.3, 0.4) is 0 Å². The Hall–Kier alpha value is -1.74. The molecule has 0 fully saturated rings. The van der Waals surface area contributed by atoms with Gasteiger partial charge in [-0.25, -0.2) is 0 Å². The Morgan fingerprint density at radius 2 is 1.78 bits per heavy atom. The standard InChI is InChI=1S/C15H16O2S/c1-10(2)15-13(16)8-11(9-14(15)17)5-6-12-4-3-7-18-12/h3-10,16-17H,1-2H3/b6-5+. The second kappa shape index (κ2) is 5.27. The van der Waals surface area contributed by atoms with Gasteiger partial charge in [0.05, 0.1) is 0 Å². The summed E-state index contributed by atoms with van der Waals surface area (Å²) >= 11 is 1.65. The van der Waals surface area contributed by atoms with E-state index in [0.717, 1.165) is 10.4 Å². The Morgan fingerprint density at radius 3 is 2.28 bits per heavy atom. The Labute approximate surface area is 111 Å². The largest absolute Gasteiger partial charge is 0.507 e. The summed E-state index contributed by atoms with van der Waals surface area (Å²) in [4.78, 5) is 1.14. The van der Waals surface area contributed by atoms with E-state index in [1.54, 1.807) is 23.5 Å². The van der Waals surface area contributed by atoms with Gasteiger partial charge in [0.2, 0.25) is 0 Å². The van der Waals surface area contributed by atoms with Crippen LogP contribution in [0.2, 0.25) is 0 Å². The molecule has 94 valence electrons. The van der Waals surface area contributed by atoms with Gasteiger partial charge in [-0.1, -0.05) is 26.0 Å². The summed E-state index contributed by atoms with van der Waals surface area (Å²) in [6.45, 7) is 3.88. The smallest absolute Gasteiger partial charge is 0.123 e. The first-order valence-electron chi connectivity index (χ1n) is 5.85. The Balaban J connectivity index is 2.31. The number of hydrogen-bond donors (Lipinski definition) is 2. The van der Waals surface area contributed by atoms with E-state index in [1.807, 2.05) is 43.5 Å². The Morgan fingerprint density at radius 1 is 1.11 bits per heavy atom. The minimum Gasteiger partial charge on any atom is -0.507 e. The molecule has 0 amide bonds. The van der Waals surface area contributed by atoms with E-state index in [2.05, 4.69) is 0 Å². The van der Waals surface area contributed by atoms with E-state index in [-0.39, 0.29) is 17.4 Å². The first-order chi connectivity index (χ1) is 8.58. The third-order valence-electron chi connectivity index (χ3n) is 2.72. The highest BCUT2D eigenvalue weighted by Gasteiger charge is 2.12. The molecular weight excluding hydrogens is 244 g/mol. The maximum atomic E-state index is 9.91. The lowest BCUT2D eigenvalue weighted by Crippen LogP contribution is -1.90. The Bertz CT molecular complexity index is 531. The highest BCUT2D eigenvalue weighted by molar-refractivity contribution is 7.10. The molecule has 2 nitrogen and oxygen atoms in total.